The van der Waals surface area contributed by atoms with E-state index in [0.717, 1.165) is 13.1 Å². The van der Waals surface area contributed by atoms with E-state index in [2.05, 4.69) is 24.2 Å². The van der Waals surface area contributed by atoms with E-state index in [9.17, 15) is 4.79 Å². The second-order valence-corrected chi connectivity index (χ2v) is 5.00. The number of likely N-dealkylation sites (tertiary alicyclic amines) is 1. The van der Waals surface area contributed by atoms with Crippen molar-refractivity contribution in [1.29, 1.82) is 0 Å². The minimum atomic E-state index is -0.0666. The third kappa shape index (κ3) is 3.76. The molecule has 1 saturated heterocycles. The van der Waals surface area contributed by atoms with Crippen molar-refractivity contribution in [3.05, 3.63) is 0 Å². The van der Waals surface area contributed by atoms with Crippen LogP contribution in [0.5, 0.6) is 0 Å². The van der Waals surface area contributed by atoms with Crippen molar-refractivity contribution in [3.63, 3.8) is 0 Å². The average Bonchev–Trinajstić information content (AvgIpc) is 2.20. The molecule has 1 atom stereocenters. The quantitative estimate of drug-likeness (QED) is 0.433. The van der Waals surface area contributed by atoms with E-state index in [1.165, 1.54) is 32.1 Å². The highest BCUT2D eigenvalue weighted by Crippen LogP contribution is 2.17. The lowest BCUT2D eigenvalue weighted by molar-refractivity contribution is -0.128. The van der Waals surface area contributed by atoms with Gasteiger partial charge in [0.2, 0.25) is 0 Å². The summed E-state index contributed by atoms with van der Waals surface area (Å²) >= 11 is 0. The molecule has 0 aliphatic carbocycles. The number of nitrogens with one attached hydrogen (secondary N) is 1. The lowest BCUT2D eigenvalue weighted by Gasteiger charge is -2.34. The van der Waals surface area contributed by atoms with Crippen molar-refractivity contribution >= 4 is 5.91 Å². The van der Waals surface area contributed by atoms with E-state index in [1.807, 2.05) is 0 Å². The van der Waals surface area contributed by atoms with Gasteiger partial charge in [-0.25, -0.2) is 5.84 Å². The fourth-order valence-electron chi connectivity index (χ4n) is 2.53. The Balaban J connectivity index is 2.63. The molecule has 0 radical (unpaired) electrons. The molecule has 1 heterocycles. The predicted octanol–water partition coefficient (Wildman–Crippen LogP) is 1.27. The van der Waals surface area contributed by atoms with Gasteiger partial charge in [0.05, 0.1) is 6.04 Å². The van der Waals surface area contributed by atoms with Crippen molar-refractivity contribution < 1.29 is 4.79 Å². The van der Waals surface area contributed by atoms with Crippen LogP contribution in [0.1, 0.15) is 46.0 Å². The normalized spacial score (nSPS) is 21.2. The minimum absolute atomic E-state index is 0.0458. The van der Waals surface area contributed by atoms with Gasteiger partial charge in [0.15, 0.2) is 0 Å². The summed E-state index contributed by atoms with van der Waals surface area (Å²) in [6.45, 7) is 6.21. The highest BCUT2D eigenvalue weighted by atomic mass is 16.2. The first kappa shape index (κ1) is 13.5. The van der Waals surface area contributed by atoms with Gasteiger partial charge in [-0.15, -0.1) is 0 Å². The molecule has 4 heteroatoms. The fraction of sp³-hybridized carbons (Fsp3) is 0.917. The molecule has 1 unspecified atom stereocenters. The molecule has 0 aromatic heterocycles. The maximum Gasteiger partial charge on any atom is 0.251 e. The van der Waals surface area contributed by atoms with Crippen molar-refractivity contribution in [2.75, 3.05) is 13.1 Å². The molecule has 1 fully saturated rings. The van der Waals surface area contributed by atoms with Gasteiger partial charge in [-0.2, -0.15) is 0 Å². The maximum absolute atomic E-state index is 11.8. The van der Waals surface area contributed by atoms with Gasteiger partial charge < -0.3 is 0 Å². The SMILES string of the molecule is CC(C)C(C(=O)NN)N1CCCCCCC1. The Morgan fingerprint density at radius 2 is 1.62 bits per heavy atom. The lowest BCUT2D eigenvalue weighted by atomic mass is 9.99. The molecule has 0 bridgehead atoms. The van der Waals surface area contributed by atoms with Crippen LogP contribution >= 0.6 is 0 Å². The third-order valence-electron chi connectivity index (χ3n) is 3.33. The fourth-order valence-corrected chi connectivity index (χ4v) is 2.53. The average molecular weight is 227 g/mol. The molecule has 0 aromatic carbocycles. The summed E-state index contributed by atoms with van der Waals surface area (Å²) in [6, 6.07) is -0.0666. The van der Waals surface area contributed by atoms with Crippen molar-refractivity contribution in [2.45, 2.75) is 52.0 Å². The molecular formula is C12H25N3O. The number of amides is 1. The monoisotopic (exact) mass is 227 g/mol. The number of hydrogen-bond acceptors (Lipinski definition) is 3. The van der Waals surface area contributed by atoms with E-state index in [0.29, 0.717) is 5.92 Å². The van der Waals surface area contributed by atoms with Crippen LogP contribution in [0.25, 0.3) is 0 Å². The number of carbonyl (C=O) groups is 1. The van der Waals surface area contributed by atoms with Gasteiger partial charge in [0.1, 0.15) is 0 Å². The summed E-state index contributed by atoms with van der Waals surface area (Å²) in [6.07, 6.45) is 6.29. The summed E-state index contributed by atoms with van der Waals surface area (Å²) in [5, 5.41) is 0. The Kier molecular flexibility index (Phi) is 5.77. The van der Waals surface area contributed by atoms with Crippen LogP contribution in [-0.4, -0.2) is 29.9 Å². The van der Waals surface area contributed by atoms with Gasteiger partial charge in [-0.1, -0.05) is 33.1 Å². The lowest BCUT2D eigenvalue weighted by Crippen LogP contribution is -2.52. The largest absolute Gasteiger partial charge is 0.293 e. The smallest absolute Gasteiger partial charge is 0.251 e. The van der Waals surface area contributed by atoms with Gasteiger partial charge in [-0.05, 0) is 31.8 Å². The van der Waals surface area contributed by atoms with Crippen molar-refractivity contribution in [1.82, 2.24) is 10.3 Å². The van der Waals surface area contributed by atoms with Crippen LogP contribution < -0.4 is 11.3 Å². The maximum atomic E-state index is 11.8. The van der Waals surface area contributed by atoms with Crippen molar-refractivity contribution in [3.8, 4) is 0 Å². The summed E-state index contributed by atoms with van der Waals surface area (Å²) in [4.78, 5) is 14.1. The topological polar surface area (TPSA) is 58.4 Å². The molecule has 16 heavy (non-hydrogen) atoms. The standard InChI is InChI=1S/C12H25N3O/c1-10(2)11(12(16)14-13)15-8-6-4-3-5-7-9-15/h10-11H,3-9,13H2,1-2H3,(H,14,16). The molecule has 1 amide bonds. The number of carbonyl (C=O) groups excluding carboxylic acids is 1. The number of hydrogen-bond donors (Lipinski definition) is 2. The molecule has 0 aromatic rings. The number of nitrogens with two attached hydrogens (primary N) is 1. The second kappa shape index (κ2) is 6.86. The van der Waals surface area contributed by atoms with Crippen LogP contribution in [-0.2, 0) is 4.79 Å². The zero-order valence-corrected chi connectivity index (χ0v) is 10.5. The summed E-state index contributed by atoms with van der Waals surface area (Å²) in [5.74, 6) is 5.52. The Morgan fingerprint density at radius 3 is 2.06 bits per heavy atom. The van der Waals surface area contributed by atoms with Crippen LogP contribution in [0.2, 0.25) is 0 Å². The van der Waals surface area contributed by atoms with E-state index in [4.69, 9.17) is 5.84 Å². The Morgan fingerprint density at radius 1 is 1.12 bits per heavy atom. The first-order chi connectivity index (χ1) is 7.66. The zero-order valence-electron chi connectivity index (χ0n) is 10.5. The van der Waals surface area contributed by atoms with E-state index in [-0.39, 0.29) is 11.9 Å². The van der Waals surface area contributed by atoms with Crippen LogP contribution in [0.4, 0.5) is 0 Å². The zero-order chi connectivity index (χ0) is 12.0. The van der Waals surface area contributed by atoms with Gasteiger partial charge >= 0.3 is 0 Å². The molecule has 1 aliphatic heterocycles. The summed E-state index contributed by atoms with van der Waals surface area (Å²) in [5.41, 5.74) is 2.30. The van der Waals surface area contributed by atoms with Gasteiger partial charge in [0.25, 0.3) is 5.91 Å². The number of nitrogens with zero attached hydrogens (tertiary/aromatic N) is 1. The third-order valence-corrected chi connectivity index (χ3v) is 3.33. The minimum Gasteiger partial charge on any atom is -0.293 e. The predicted molar refractivity (Wildman–Crippen MR) is 65.6 cm³/mol. The molecule has 0 saturated carbocycles. The molecule has 4 nitrogen and oxygen atoms in total. The van der Waals surface area contributed by atoms with Crippen LogP contribution in [0.15, 0.2) is 0 Å². The highest BCUT2D eigenvalue weighted by molar-refractivity contribution is 5.81. The molecule has 0 spiro atoms. The van der Waals surface area contributed by atoms with Crippen molar-refractivity contribution in [2.24, 2.45) is 11.8 Å². The molecule has 94 valence electrons. The molecular weight excluding hydrogens is 202 g/mol. The molecule has 3 N–H and O–H groups in total. The number of rotatable bonds is 3. The van der Waals surface area contributed by atoms with E-state index >= 15 is 0 Å². The Bertz CT molecular complexity index is 210. The Hall–Kier alpha value is -0.610. The van der Waals surface area contributed by atoms with Crippen LogP contribution in [0, 0.1) is 5.92 Å². The molecule has 1 aliphatic rings. The summed E-state index contributed by atoms with van der Waals surface area (Å²) < 4.78 is 0. The second-order valence-electron chi connectivity index (χ2n) is 5.00. The first-order valence-corrected chi connectivity index (χ1v) is 6.41. The van der Waals surface area contributed by atoms with Gasteiger partial charge in [0, 0.05) is 0 Å². The van der Waals surface area contributed by atoms with Gasteiger partial charge in [-0.3, -0.25) is 15.1 Å². The van der Waals surface area contributed by atoms with E-state index in [1.54, 1.807) is 0 Å². The highest BCUT2D eigenvalue weighted by Gasteiger charge is 2.28. The van der Waals surface area contributed by atoms with Crippen LogP contribution in [0.3, 0.4) is 0 Å². The van der Waals surface area contributed by atoms with E-state index < -0.39 is 0 Å². The number of hydrazine groups is 1. The Labute approximate surface area is 98.5 Å². The first-order valence-electron chi connectivity index (χ1n) is 6.41. The molecule has 1 rings (SSSR count). The summed E-state index contributed by atoms with van der Waals surface area (Å²) in [7, 11) is 0.